The van der Waals surface area contributed by atoms with Gasteiger partial charge in [-0.3, -0.25) is 0 Å². The van der Waals surface area contributed by atoms with Gasteiger partial charge < -0.3 is 20.9 Å². The highest BCUT2D eigenvalue weighted by atomic mass is 79.9. The summed E-state index contributed by atoms with van der Waals surface area (Å²) < 4.78 is 6.11. The van der Waals surface area contributed by atoms with Gasteiger partial charge in [0.05, 0.1) is 0 Å². The van der Waals surface area contributed by atoms with Gasteiger partial charge in [0.25, 0.3) is 0 Å². The van der Waals surface area contributed by atoms with Crippen LogP contribution >= 0.6 is 15.9 Å². The third kappa shape index (κ3) is 6.36. The van der Waals surface area contributed by atoms with Crippen molar-refractivity contribution in [3.8, 4) is 0 Å². The molecule has 0 aromatic heterocycles. The molecule has 2 unspecified atom stereocenters. The standard InChI is InChI=1S/C14H21BrN2O3/c1-14(2,3)17-13(19)20-11(12(16)18)8-9-5-4-6-10(15)7-9/h4-7,11-12,18H,8,16H2,1-3H3,(H,17,19). The van der Waals surface area contributed by atoms with Gasteiger partial charge >= 0.3 is 6.09 Å². The van der Waals surface area contributed by atoms with Crippen molar-refractivity contribution in [1.82, 2.24) is 5.32 Å². The van der Waals surface area contributed by atoms with E-state index in [1.54, 1.807) is 0 Å². The first-order valence-corrected chi connectivity index (χ1v) is 7.13. The molecular weight excluding hydrogens is 324 g/mol. The number of hydrogen-bond donors (Lipinski definition) is 3. The summed E-state index contributed by atoms with van der Waals surface area (Å²) in [5, 5.41) is 12.2. The van der Waals surface area contributed by atoms with E-state index in [-0.39, 0.29) is 0 Å². The highest BCUT2D eigenvalue weighted by Gasteiger charge is 2.23. The number of carbonyl (C=O) groups excluding carboxylic acids is 1. The molecule has 5 nitrogen and oxygen atoms in total. The number of nitrogens with two attached hydrogens (primary N) is 1. The van der Waals surface area contributed by atoms with Crippen LogP contribution in [0.1, 0.15) is 26.3 Å². The first-order chi connectivity index (χ1) is 9.17. The van der Waals surface area contributed by atoms with Crippen molar-refractivity contribution in [2.24, 2.45) is 5.73 Å². The van der Waals surface area contributed by atoms with Gasteiger partial charge in [-0.1, -0.05) is 28.1 Å². The molecule has 0 saturated carbocycles. The molecule has 0 aliphatic carbocycles. The van der Waals surface area contributed by atoms with E-state index < -0.39 is 24.0 Å². The van der Waals surface area contributed by atoms with Gasteiger partial charge in [-0.2, -0.15) is 0 Å². The Morgan fingerprint density at radius 3 is 2.65 bits per heavy atom. The maximum Gasteiger partial charge on any atom is 0.407 e. The monoisotopic (exact) mass is 344 g/mol. The lowest BCUT2D eigenvalue weighted by Crippen LogP contribution is -2.46. The molecule has 0 radical (unpaired) electrons. The normalized spacial score (nSPS) is 14.5. The average Bonchev–Trinajstić information content (AvgIpc) is 2.25. The van der Waals surface area contributed by atoms with Crippen LogP contribution in [-0.4, -0.2) is 29.1 Å². The number of aliphatic hydroxyl groups is 1. The van der Waals surface area contributed by atoms with Crippen LogP contribution in [0.15, 0.2) is 28.7 Å². The molecule has 4 N–H and O–H groups in total. The van der Waals surface area contributed by atoms with E-state index in [0.717, 1.165) is 10.0 Å². The van der Waals surface area contributed by atoms with Crippen LogP contribution in [-0.2, 0) is 11.2 Å². The maximum absolute atomic E-state index is 11.7. The van der Waals surface area contributed by atoms with E-state index in [1.165, 1.54) is 0 Å². The summed E-state index contributed by atoms with van der Waals surface area (Å²) in [6.07, 6.45) is -2.29. The van der Waals surface area contributed by atoms with Crippen molar-refractivity contribution in [2.75, 3.05) is 0 Å². The number of rotatable bonds is 4. The molecule has 1 aromatic carbocycles. The molecule has 6 heteroatoms. The summed E-state index contributed by atoms with van der Waals surface area (Å²) in [5.41, 5.74) is 5.98. The van der Waals surface area contributed by atoms with Crippen LogP contribution in [0, 0.1) is 0 Å². The van der Waals surface area contributed by atoms with Crippen LogP contribution in [0.3, 0.4) is 0 Å². The van der Waals surface area contributed by atoms with E-state index >= 15 is 0 Å². The Hall–Kier alpha value is -1.11. The number of nitrogens with one attached hydrogen (secondary N) is 1. The first kappa shape index (κ1) is 16.9. The van der Waals surface area contributed by atoms with Crippen molar-refractivity contribution in [2.45, 2.75) is 45.1 Å². The SMILES string of the molecule is CC(C)(C)NC(=O)OC(Cc1cccc(Br)c1)C(N)O. The molecule has 0 aliphatic rings. The molecular formula is C14H21BrN2O3. The second-order valence-corrected chi connectivity index (χ2v) is 6.56. The Labute approximate surface area is 127 Å². The number of halogens is 1. The molecule has 0 bridgehead atoms. The van der Waals surface area contributed by atoms with Crippen LogP contribution < -0.4 is 11.1 Å². The van der Waals surface area contributed by atoms with Crippen molar-refractivity contribution in [3.05, 3.63) is 34.3 Å². The van der Waals surface area contributed by atoms with Crippen LogP contribution in [0.4, 0.5) is 4.79 Å². The summed E-state index contributed by atoms with van der Waals surface area (Å²) in [4.78, 5) is 11.7. The smallest absolute Gasteiger partial charge is 0.407 e. The molecule has 1 aromatic rings. The molecule has 1 amide bonds. The maximum atomic E-state index is 11.7. The number of amides is 1. The number of alkyl carbamates (subject to hydrolysis) is 1. The minimum atomic E-state index is -1.24. The topological polar surface area (TPSA) is 84.6 Å². The van der Waals surface area contributed by atoms with Gasteiger partial charge in [0, 0.05) is 16.4 Å². The molecule has 2 atom stereocenters. The fourth-order valence-corrected chi connectivity index (χ4v) is 2.05. The van der Waals surface area contributed by atoms with Gasteiger partial charge in [-0.25, -0.2) is 4.79 Å². The van der Waals surface area contributed by atoms with Crippen LogP contribution in [0.25, 0.3) is 0 Å². The molecule has 0 spiro atoms. The fraction of sp³-hybridized carbons (Fsp3) is 0.500. The minimum absolute atomic E-state index is 0.342. The molecule has 0 fully saturated rings. The first-order valence-electron chi connectivity index (χ1n) is 6.34. The highest BCUT2D eigenvalue weighted by molar-refractivity contribution is 9.10. The second-order valence-electron chi connectivity index (χ2n) is 5.64. The zero-order valence-electron chi connectivity index (χ0n) is 11.9. The van der Waals surface area contributed by atoms with Crippen molar-refractivity contribution >= 4 is 22.0 Å². The Kier molecular flexibility index (Phi) is 5.98. The summed E-state index contributed by atoms with van der Waals surface area (Å²) in [6, 6.07) is 7.53. The van der Waals surface area contributed by atoms with E-state index in [2.05, 4.69) is 21.2 Å². The van der Waals surface area contributed by atoms with Gasteiger partial charge in [-0.15, -0.1) is 0 Å². The Bertz CT molecular complexity index is 458. The van der Waals surface area contributed by atoms with E-state index in [1.807, 2.05) is 45.0 Å². The molecule has 0 saturated heterocycles. The molecule has 0 heterocycles. The average molecular weight is 345 g/mol. The second kappa shape index (κ2) is 7.06. The third-order valence-corrected chi connectivity index (χ3v) is 2.94. The lowest BCUT2D eigenvalue weighted by Gasteiger charge is -2.25. The Balaban J connectivity index is 2.68. The third-order valence-electron chi connectivity index (χ3n) is 2.44. The van der Waals surface area contributed by atoms with Gasteiger partial charge in [0.2, 0.25) is 0 Å². The van der Waals surface area contributed by atoms with Gasteiger partial charge in [0.15, 0.2) is 0 Å². The van der Waals surface area contributed by atoms with E-state index in [0.29, 0.717) is 6.42 Å². The van der Waals surface area contributed by atoms with E-state index in [4.69, 9.17) is 10.5 Å². The predicted molar refractivity (Wildman–Crippen MR) is 81.2 cm³/mol. The zero-order chi connectivity index (χ0) is 15.3. The zero-order valence-corrected chi connectivity index (χ0v) is 13.5. The summed E-state index contributed by atoms with van der Waals surface area (Å²) in [5.74, 6) is 0. The fourth-order valence-electron chi connectivity index (χ4n) is 1.60. The van der Waals surface area contributed by atoms with E-state index in [9.17, 15) is 9.90 Å². The van der Waals surface area contributed by atoms with Crippen molar-refractivity contribution in [3.63, 3.8) is 0 Å². The van der Waals surface area contributed by atoms with Crippen molar-refractivity contribution in [1.29, 1.82) is 0 Å². The summed E-state index contributed by atoms with van der Waals surface area (Å²) >= 11 is 3.37. The number of aliphatic hydroxyl groups excluding tert-OH is 1. The predicted octanol–water partition coefficient (Wildman–Crippen LogP) is 2.16. The molecule has 1 rings (SSSR count). The lowest BCUT2D eigenvalue weighted by molar-refractivity contribution is 0.00406. The summed E-state index contributed by atoms with van der Waals surface area (Å²) in [7, 11) is 0. The number of carbonyl (C=O) groups is 1. The van der Waals surface area contributed by atoms with Crippen LogP contribution in [0.2, 0.25) is 0 Å². The molecule has 20 heavy (non-hydrogen) atoms. The van der Waals surface area contributed by atoms with Gasteiger partial charge in [-0.05, 0) is 38.5 Å². The lowest BCUT2D eigenvalue weighted by atomic mass is 10.1. The van der Waals surface area contributed by atoms with Crippen LogP contribution in [0.5, 0.6) is 0 Å². The molecule has 112 valence electrons. The van der Waals surface area contributed by atoms with Crippen molar-refractivity contribution < 1.29 is 14.6 Å². The quantitative estimate of drug-likeness (QED) is 0.730. The molecule has 0 aliphatic heterocycles. The van der Waals surface area contributed by atoms with Gasteiger partial charge in [0.1, 0.15) is 12.3 Å². The highest BCUT2D eigenvalue weighted by Crippen LogP contribution is 2.15. The Morgan fingerprint density at radius 2 is 2.15 bits per heavy atom. The Morgan fingerprint density at radius 1 is 1.50 bits per heavy atom. The largest absolute Gasteiger partial charge is 0.442 e. The number of hydrogen-bond acceptors (Lipinski definition) is 4. The number of ether oxygens (including phenoxy) is 1. The number of benzene rings is 1. The minimum Gasteiger partial charge on any atom is -0.442 e. The summed E-state index contributed by atoms with van der Waals surface area (Å²) in [6.45, 7) is 5.53.